The van der Waals surface area contributed by atoms with Crippen LogP contribution in [0.4, 0.5) is 0 Å². The van der Waals surface area contributed by atoms with E-state index in [2.05, 4.69) is 11.1 Å². The molecule has 0 aliphatic carbocycles. The Bertz CT molecular complexity index is 526. The number of aliphatic hydroxyl groups is 1. The second-order valence-electron chi connectivity index (χ2n) is 3.40. The summed E-state index contributed by atoms with van der Waals surface area (Å²) in [6.07, 6.45) is 1.62. The third kappa shape index (κ3) is 2.08. The van der Waals surface area contributed by atoms with Gasteiger partial charge in [0, 0.05) is 11.8 Å². The average molecular weight is 210 g/mol. The van der Waals surface area contributed by atoms with E-state index >= 15 is 0 Å². The number of aliphatic hydroxyl groups excluding tert-OH is 1. The molecule has 1 aromatic heterocycles. The first kappa shape index (κ1) is 10.3. The van der Waals surface area contributed by atoms with Gasteiger partial charge in [0.1, 0.15) is 0 Å². The van der Waals surface area contributed by atoms with E-state index < -0.39 is 0 Å². The topological polar surface area (TPSA) is 56.9 Å². The van der Waals surface area contributed by atoms with E-state index in [1.807, 2.05) is 24.3 Å². The Morgan fingerprint density at radius 3 is 2.56 bits per heavy atom. The van der Waals surface area contributed by atoms with Gasteiger partial charge >= 0.3 is 0 Å². The molecule has 0 atom stereocenters. The van der Waals surface area contributed by atoms with Gasteiger partial charge in [0.2, 0.25) is 0 Å². The number of rotatable bonds is 2. The van der Waals surface area contributed by atoms with E-state index in [4.69, 9.17) is 10.4 Å². The Morgan fingerprint density at radius 1 is 1.19 bits per heavy atom. The Balaban J connectivity index is 2.39. The molecule has 0 aliphatic rings. The van der Waals surface area contributed by atoms with Gasteiger partial charge in [-0.15, -0.1) is 0 Å². The minimum Gasteiger partial charge on any atom is -0.392 e. The van der Waals surface area contributed by atoms with Crippen LogP contribution in [0.3, 0.4) is 0 Å². The fourth-order valence-corrected chi connectivity index (χ4v) is 1.44. The maximum absolute atomic E-state index is 8.92. The van der Waals surface area contributed by atoms with Crippen LogP contribution in [0, 0.1) is 11.3 Å². The molecule has 0 saturated heterocycles. The van der Waals surface area contributed by atoms with Crippen molar-refractivity contribution in [3.05, 3.63) is 53.7 Å². The quantitative estimate of drug-likeness (QED) is 0.825. The van der Waals surface area contributed by atoms with Crippen LogP contribution in [0.1, 0.15) is 11.1 Å². The molecule has 2 rings (SSSR count). The molecule has 1 heterocycles. The van der Waals surface area contributed by atoms with Gasteiger partial charge in [-0.25, -0.2) is 0 Å². The molecule has 0 aliphatic heterocycles. The predicted molar refractivity (Wildman–Crippen MR) is 60.3 cm³/mol. The summed E-state index contributed by atoms with van der Waals surface area (Å²) in [4.78, 5) is 4.20. The summed E-state index contributed by atoms with van der Waals surface area (Å²) >= 11 is 0. The Labute approximate surface area is 93.6 Å². The van der Waals surface area contributed by atoms with Crippen molar-refractivity contribution in [2.75, 3.05) is 0 Å². The highest BCUT2D eigenvalue weighted by molar-refractivity contribution is 5.60. The van der Waals surface area contributed by atoms with Crippen LogP contribution in [0.25, 0.3) is 11.3 Å². The standard InChI is InChI=1S/C13H10N2O/c14-8-11-5-6-15-13(7-11)12-3-1-10(9-16)2-4-12/h1-7,16H,9H2. The molecular weight excluding hydrogens is 200 g/mol. The molecule has 1 N–H and O–H groups in total. The lowest BCUT2D eigenvalue weighted by Gasteiger charge is -2.02. The zero-order valence-corrected chi connectivity index (χ0v) is 8.59. The third-order valence-corrected chi connectivity index (χ3v) is 2.32. The molecule has 0 spiro atoms. The number of benzene rings is 1. The molecule has 0 fully saturated rings. The number of pyridine rings is 1. The first-order chi connectivity index (χ1) is 7.83. The van der Waals surface area contributed by atoms with Crippen molar-refractivity contribution >= 4 is 0 Å². The number of nitriles is 1. The van der Waals surface area contributed by atoms with Gasteiger partial charge in [0.15, 0.2) is 0 Å². The van der Waals surface area contributed by atoms with E-state index in [1.165, 1.54) is 0 Å². The molecule has 3 nitrogen and oxygen atoms in total. The lowest BCUT2D eigenvalue weighted by atomic mass is 10.1. The van der Waals surface area contributed by atoms with Crippen LogP contribution in [0.15, 0.2) is 42.6 Å². The summed E-state index contributed by atoms with van der Waals surface area (Å²) in [5.41, 5.74) is 3.16. The van der Waals surface area contributed by atoms with E-state index in [0.29, 0.717) is 5.56 Å². The van der Waals surface area contributed by atoms with Gasteiger partial charge in [-0.2, -0.15) is 5.26 Å². The summed E-state index contributed by atoms with van der Waals surface area (Å²) in [7, 11) is 0. The van der Waals surface area contributed by atoms with Crippen molar-refractivity contribution in [1.29, 1.82) is 5.26 Å². The van der Waals surface area contributed by atoms with Gasteiger partial charge in [-0.05, 0) is 17.7 Å². The van der Waals surface area contributed by atoms with Gasteiger partial charge in [-0.1, -0.05) is 24.3 Å². The minimum absolute atomic E-state index is 0.0337. The number of hydrogen-bond acceptors (Lipinski definition) is 3. The van der Waals surface area contributed by atoms with Gasteiger partial charge in [0.25, 0.3) is 0 Å². The Kier molecular flexibility index (Phi) is 2.95. The highest BCUT2D eigenvalue weighted by Crippen LogP contribution is 2.18. The molecule has 0 radical (unpaired) electrons. The third-order valence-electron chi connectivity index (χ3n) is 2.32. The largest absolute Gasteiger partial charge is 0.392 e. The molecule has 0 amide bonds. The van der Waals surface area contributed by atoms with Crippen molar-refractivity contribution in [2.45, 2.75) is 6.61 Å². The van der Waals surface area contributed by atoms with Crippen molar-refractivity contribution in [2.24, 2.45) is 0 Å². The predicted octanol–water partition coefficient (Wildman–Crippen LogP) is 2.11. The van der Waals surface area contributed by atoms with E-state index in [0.717, 1.165) is 16.8 Å². The van der Waals surface area contributed by atoms with Crippen LogP contribution >= 0.6 is 0 Å². The number of aromatic nitrogens is 1. The zero-order valence-electron chi connectivity index (χ0n) is 8.59. The van der Waals surface area contributed by atoms with Crippen molar-refractivity contribution < 1.29 is 5.11 Å². The molecule has 78 valence electrons. The monoisotopic (exact) mass is 210 g/mol. The van der Waals surface area contributed by atoms with Gasteiger partial charge in [-0.3, -0.25) is 4.98 Å². The summed E-state index contributed by atoms with van der Waals surface area (Å²) in [5, 5.41) is 17.7. The van der Waals surface area contributed by atoms with Crippen molar-refractivity contribution in [3.8, 4) is 17.3 Å². The van der Waals surface area contributed by atoms with Crippen molar-refractivity contribution in [1.82, 2.24) is 4.98 Å². The fraction of sp³-hybridized carbons (Fsp3) is 0.0769. The average Bonchev–Trinajstić information content (AvgIpc) is 2.39. The zero-order chi connectivity index (χ0) is 11.4. The normalized spacial score (nSPS) is 9.75. The maximum Gasteiger partial charge on any atom is 0.0992 e. The molecule has 1 aromatic carbocycles. The molecule has 0 bridgehead atoms. The smallest absolute Gasteiger partial charge is 0.0992 e. The minimum atomic E-state index is 0.0337. The van der Waals surface area contributed by atoms with E-state index in [9.17, 15) is 0 Å². The van der Waals surface area contributed by atoms with Gasteiger partial charge < -0.3 is 5.11 Å². The van der Waals surface area contributed by atoms with E-state index in [-0.39, 0.29) is 6.61 Å². The van der Waals surface area contributed by atoms with E-state index in [1.54, 1.807) is 18.3 Å². The SMILES string of the molecule is N#Cc1ccnc(-c2ccc(CO)cc2)c1. The molecule has 2 aromatic rings. The van der Waals surface area contributed by atoms with Crippen molar-refractivity contribution in [3.63, 3.8) is 0 Å². The van der Waals surface area contributed by atoms with Gasteiger partial charge in [0.05, 0.1) is 23.9 Å². The Hall–Kier alpha value is -2.18. The highest BCUT2D eigenvalue weighted by atomic mass is 16.3. The molecule has 3 heteroatoms. The fourth-order valence-electron chi connectivity index (χ4n) is 1.44. The maximum atomic E-state index is 8.92. The second-order valence-corrected chi connectivity index (χ2v) is 3.40. The lowest BCUT2D eigenvalue weighted by Crippen LogP contribution is -1.86. The summed E-state index contributed by atoms with van der Waals surface area (Å²) in [6.45, 7) is 0.0337. The summed E-state index contributed by atoms with van der Waals surface area (Å²) < 4.78 is 0. The Morgan fingerprint density at radius 2 is 1.94 bits per heavy atom. The molecular formula is C13H10N2O. The highest BCUT2D eigenvalue weighted by Gasteiger charge is 2.00. The molecule has 0 unspecified atom stereocenters. The van der Waals surface area contributed by atoms with Crippen LogP contribution in [-0.4, -0.2) is 10.1 Å². The summed E-state index contributed by atoms with van der Waals surface area (Å²) in [5.74, 6) is 0. The second kappa shape index (κ2) is 4.56. The van der Waals surface area contributed by atoms with Crippen LogP contribution in [0.2, 0.25) is 0 Å². The number of nitrogens with zero attached hydrogens (tertiary/aromatic N) is 2. The van der Waals surface area contributed by atoms with Crippen LogP contribution in [-0.2, 0) is 6.61 Å². The molecule has 16 heavy (non-hydrogen) atoms. The first-order valence-electron chi connectivity index (χ1n) is 4.90. The molecule has 0 saturated carbocycles. The van der Waals surface area contributed by atoms with Crippen LogP contribution < -0.4 is 0 Å². The lowest BCUT2D eigenvalue weighted by molar-refractivity contribution is 0.282. The number of hydrogen-bond donors (Lipinski definition) is 1. The first-order valence-corrected chi connectivity index (χ1v) is 4.90. The summed E-state index contributed by atoms with van der Waals surface area (Å²) in [6, 6.07) is 13.0. The van der Waals surface area contributed by atoms with Crippen LogP contribution in [0.5, 0.6) is 0 Å².